The second-order valence-corrected chi connectivity index (χ2v) is 3.79. The Labute approximate surface area is 90.0 Å². The number of carbonyl (C=O) groups excluding carboxylic acids is 2. The molecule has 0 bridgehead atoms. The van der Waals surface area contributed by atoms with Gasteiger partial charge in [0, 0.05) is 19.5 Å². The summed E-state index contributed by atoms with van der Waals surface area (Å²) in [4.78, 5) is 24.5. The third-order valence-electron chi connectivity index (χ3n) is 2.50. The summed E-state index contributed by atoms with van der Waals surface area (Å²) < 4.78 is 0. The van der Waals surface area contributed by atoms with Gasteiger partial charge in [-0.2, -0.15) is 0 Å². The fraction of sp³-hybridized carbons (Fsp3) is 0.800. The van der Waals surface area contributed by atoms with Gasteiger partial charge in [0.1, 0.15) is 0 Å². The molecule has 1 saturated heterocycles. The van der Waals surface area contributed by atoms with Gasteiger partial charge in [0.2, 0.25) is 5.91 Å². The fourth-order valence-corrected chi connectivity index (χ4v) is 1.62. The average molecular weight is 213 g/mol. The maximum absolute atomic E-state index is 11.5. The van der Waals surface area contributed by atoms with Gasteiger partial charge in [-0.05, 0) is 32.2 Å². The molecule has 1 fully saturated rings. The Morgan fingerprint density at radius 2 is 1.87 bits per heavy atom. The van der Waals surface area contributed by atoms with Crippen LogP contribution in [0.2, 0.25) is 0 Å². The van der Waals surface area contributed by atoms with Gasteiger partial charge in [-0.25, -0.2) is 4.79 Å². The molecule has 5 nitrogen and oxygen atoms in total. The molecule has 0 aromatic carbocycles. The summed E-state index contributed by atoms with van der Waals surface area (Å²) in [5.74, 6) is -0.226. The molecule has 0 aliphatic carbocycles. The van der Waals surface area contributed by atoms with Crippen LogP contribution in [0.5, 0.6) is 0 Å². The molecule has 86 valence electrons. The van der Waals surface area contributed by atoms with E-state index in [-0.39, 0.29) is 11.9 Å². The van der Waals surface area contributed by atoms with E-state index in [4.69, 9.17) is 5.73 Å². The van der Waals surface area contributed by atoms with E-state index in [1.54, 1.807) is 4.90 Å². The highest BCUT2D eigenvalue weighted by Crippen LogP contribution is 2.08. The third kappa shape index (κ3) is 4.29. The minimum Gasteiger partial charge on any atom is -0.330 e. The van der Waals surface area contributed by atoms with Crippen LogP contribution in [0.25, 0.3) is 0 Å². The molecular weight excluding hydrogens is 194 g/mol. The standard InChI is InChI=1S/C10H19N3O2/c11-6-4-5-9(14)12-10(15)13-7-2-1-3-8-13/h1-8,11H2,(H,12,14,15). The van der Waals surface area contributed by atoms with Gasteiger partial charge < -0.3 is 10.6 Å². The Kier molecular flexibility index (Phi) is 5.10. The summed E-state index contributed by atoms with van der Waals surface area (Å²) in [6.45, 7) is 2.00. The van der Waals surface area contributed by atoms with Crippen molar-refractivity contribution in [3.8, 4) is 0 Å². The number of likely N-dealkylation sites (tertiary alicyclic amines) is 1. The van der Waals surface area contributed by atoms with Crippen molar-refractivity contribution in [1.29, 1.82) is 0 Å². The number of nitrogens with two attached hydrogens (primary N) is 1. The third-order valence-corrected chi connectivity index (χ3v) is 2.50. The maximum atomic E-state index is 11.5. The molecule has 0 aromatic heterocycles. The molecule has 3 N–H and O–H groups in total. The topological polar surface area (TPSA) is 75.4 Å². The quantitative estimate of drug-likeness (QED) is 0.714. The number of carbonyl (C=O) groups is 2. The van der Waals surface area contributed by atoms with Crippen LogP contribution in [-0.4, -0.2) is 36.5 Å². The summed E-state index contributed by atoms with van der Waals surface area (Å²) in [6, 6.07) is -0.253. The van der Waals surface area contributed by atoms with Crippen LogP contribution < -0.4 is 11.1 Å². The number of nitrogens with one attached hydrogen (secondary N) is 1. The minimum atomic E-state index is -0.253. The van der Waals surface area contributed by atoms with Gasteiger partial charge in [0.15, 0.2) is 0 Å². The Hall–Kier alpha value is -1.10. The van der Waals surface area contributed by atoms with E-state index in [1.807, 2.05) is 0 Å². The lowest BCUT2D eigenvalue weighted by Gasteiger charge is -2.26. The first-order chi connectivity index (χ1) is 7.24. The summed E-state index contributed by atoms with van der Waals surface area (Å²) >= 11 is 0. The Balaban J connectivity index is 2.24. The van der Waals surface area contributed by atoms with Gasteiger partial charge in [-0.15, -0.1) is 0 Å². The highest BCUT2D eigenvalue weighted by molar-refractivity contribution is 5.94. The number of rotatable bonds is 3. The molecular formula is C10H19N3O2. The normalized spacial score (nSPS) is 16.2. The van der Waals surface area contributed by atoms with Gasteiger partial charge >= 0.3 is 6.03 Å². The van der Waals surface area contributed by atoms with Crippen molar-refractivity contribution in [3.63, 3.8) is 0 Å². The van der Waals surface area contributed by atoms with Crippen LogP contribution in [0.1, 0.15) is 32.1 Å². The van der Waals surface area contributed by atoms with Crippen molar-refractivity contribution in [2.75, 3.05) is 19.6 Å². The van der Waals surface area contributed by atoms with Crippen molar-refractivity contribution in [2.24, 2.45) is 5.73 Å². The van der Waals surface area contributed by atoms with E-state index >= 15 is 0 Å². The van der Waals surface area contributed by atoms with E-state index in [9.17, 15) is 9.59 Å². The van der Waals surface area contributed by atoms with Crippen molar-refractivity contribution in [1.82, 2.24) is 10.2 Å². The molecule has 0 radical (unpaired) electrons. The Bertz CT molecular complexity index is 225. The predicted molar refractivity (Wildman–Crippen MR) is 57.3 cm³/mol. The largest absolute Gasteiger partial charge is 0.330 e. The Morgan fingerprint density at radius 3 is 2.47 bits per heavy atom. The number of amides is 3. The molecule has 1 rings (SSSR count). The van der Waals surface area contributed by atoms with Crippen LogP contribution >= 0.6 is 0 Å². The van der Waals surface area contributed by atoms with Gasteiger partial charge in [0.05, 0.1) is 0 Å². The molecule has 5 heteroatoms. The highest BCUT2D eigenvalue weighted by Gasteiger charge is 2.17. The highest BCUT2D eigenvalue weighted by atomic mass is 16.2. The number of hydrogen-bond acceptors (Lipinski definition) is 3. The fourth-order valence-electron chi connectivity index (χ4n) is 1.62. The molecule has 1 aliphatic rings. The summed E-state index contributed by atoms with van der Waals surface area (Å²) in [5.41, 5.74) is 5.28. The zero-order valence-corrected chi connectivity index (χ0v) is 9.00. The second kappa shape index (κ2) is 6.40. The predicted octanol–water partition coefficient (Wildman–Crippen LogP) is 0.447. The van der Waals surface area contributed by atoms with Crippen LogP contribution in [0, 0.1) is 0 Å². The lowest BCUT2D eigenvalue weighted by atomic mass is 10.1. The van der Waals surface area contributed by atoms with Gasteiger partial charge in [-0.3, -0.25) is 10.1 Å². The lowest BCUT2D eigenvalue weighted by molar-refractivity contribution is -0.120. The molecule has 15 heavy (non-hydrogen) atoms. The van der Waals surface area contributed by atoms with Crippen LogP contribution in [0.15, 0.2) is 0 Å². The van der Waals surface area contributed by atoms with Crippen molar-refractivity contribution < 1.29 is 9.59 Å². The van der Waals surface area contributed by atoms with E-state index < -0.39 is 0 Å². The number of piperidine rings is 1. The van der Waals surface area contributed by atoms with Crippen LogP contribution in [0.3, 0.4) is 0 Å². The molecule has 0 spiro atoms. The molecule has 3 amide bonds. The summed E-state index contributed by atoms with van der Waals surface area (Å²) in [6.07, 6.45) is 4.19. The summed E-state index contributed by atoms with van der Waals surface area (Å²) in [5, 5.41) is 2.38. The first-order valence-electron chi connectivity index (χ1n) is 5.53. The van der Waals surface area contributed by atoms with Crippen LogP contribution in [-0.2, 0) is 4.79 Å². The minimum absolute atomic E-state index is 0.226. The molecule has 0 aromatic rings. The lowest BCUT2D eigenvalue weighted by Crippen LogP contribution is -2.45. The average Bonchev–Trinajstić information content (AvgIpc) is 2.27. The van der Waals surface area contributed by atoms with Gasteiger partial charge in [-0.1, -0.05) is 0 Å². The van der Waals surface area contributed by atoms with Crippen molar-refractivity contribution in [3.05, 3.63) is 0 Å². The van der Waals surface area contributed by atoms with E-state index in [2.05, 4.69) is 5.32 Å². The summed E-state index contributed by atoms with van der Waals surface area (Å²) in [7, 11) is 0. The first-order valence-corrected chi connectivity index (χ1v) is 5.53. The SMILES string of the molecule is NCCCC(=O)NC(=O)N1CCCCC1. The van der Waals surface area contributed by atoms with E-state index in [1.165, 1.54) is 6.42 Å². The zero-order valence-electron chi connectivity index (χ0n) is 9.00. The molecule has 0 atom stereocenters. The Morgan fingerprint density at radius 1 is 1.20 bits per heavy atom. The number of hydrogen-bond donors (Lipinski definition) is 2. The molecule has 0 saturated carbocycles. The smallest absolute Gasteiger partial charge is 0.324 e. The van der Waals surface area contributed by atoms with Gasteiger partial charge in [0.25, 0.3) is 0 Å². The van der Waals surface area contributed by atoms with E-state index in [0.717, 1.165) is 25.9 Å². The number of imide groups is 1. The van der Waals surface area contributed by atoms with Crippen molar-refractivity contribution in [2.45, 2.75) is 32.1 Å². The first kappa shape index (κ1) is 12.0. The molecule has 1 aliphatic heterocycles. The monoisotopic (exact) mass is 213 g/mol. The second-order valence-electron chi connectivity index (χ2n) is 3.79. The van der Waals surface area contributed by atoms with E-state index in [0.29, 0.717) is 19.4 Å². The number of urea groups is 1. The molecule has 0 unspecified atom stereocenters. The molecule has 1 heterocycles. The van der Waals surface area contributed by atoms with Crippen LogP contribution in [0.4, 0.5) is 4.79 Å². The maximum Gasteiger partial charge on any atom is 0.324 e. The zero-order chi connectivity index (χ0) is 11.1. The number of nitrogens with zero attached hydrogens (tertiary/aromatic N) is 1. The van der Waals surface area contributed by atoms with Crippen molar-refractivity contribution >= 4 is 11.9 Å².